The molecule has 2 fully saturated rings. The summed E-state index contributed by atoms with van der Waals surface area (Å²) in [5, 5.41) is 9.09. The molecule has 6 nitrogen and oxygen atoms in total. The predicted molar refractivity (Wildman–Crippen MR) is 124 cm³/mol. The minimum Gasteiger partial charge on any atom is -0.484 e. The molecule has 2 aromatic rings. The number of carbonyl (C=O) groups is 1. The topological polar surface area (TPSA) is 65.8 Å². The number of alkyl halides is 3. The molecule has 2 aliphatic heterocycles. The van der Waals surface area contributed by atoms with Gasteiger partial charge in [-0.15, -0.1) is 0 Å². The third kappa shape index (κ3) is 5.38. The summed E-state index contributed by atoms with van der Waals surface area (Å²) in [6.45, 7) is 4.94. The molecule has 0 aliphatic carbocycles. The largest absolute Gasteiger partial charge is 0.484 e. The van der Waals surface area contributed by atoms with E-state index in [-0.39, 0.29) is 29.4 Å². The monoisotopic (exact) mass is 487 g/mol. The van der Waals surface area contributed by atoms with Crippen molar-refractivity contribution in [3.63, 3.8) is 0 Å². The van der Waals surface area contributed by atoms with Crippen molar-refractivity contribution in [2.45, 2.75) is 19.5 Å². The minimum absolute atomic E-state index is 0.0356. The van der Waals surface area contributed by atoms with Crippen LogP contribution in [0.2, 0.25) is 0 Å². The Kier molecular flexibility index (Phi) is 7.22. The van der Waals surface area contributed by atoms with Gasteiger partial charge in [-0.05, 0) is 43.7 Å². The highest BCUT2D eigenvalue weighted by atomic mass is 19.4. The molecule has 2 aliphatic rings. The molecule has 0 unspecified atom stereocenters. The van der Waals surface area contributed by atoms with E-state index in [9.17, 15) is 18.0 Å². The fourth-order valence-corrected chi connectivity index (χ4v) is 5.06. The normalized spacial score (nSPS) is 22.0. The summed E-state index contributed by atoms with van der Waals surface area (Å²) in [5.41, 5.74) is -1.14. The van der Waals surface area contributed by atoms with Gasteiger partial charge in [0.25, 0.3) is 5.91 Å². The van der Waals surface area contributed by atoms with Crippen molar-refractivity contribution in [3.05, 3.63) is 59.7 Å². The first-order valence-corrected chi connectivity index (χ1v) is 11.7. The molecule has 0 radical (unpaired) electrons. The lowest BCUT2D eigenvalue weighted by Crippen LogP contribution is -2.49. The Labute approximate surface area is 202 Å². The summed E-state index contributed by atoms with van der Waals surface area (Å²) in [7, 11) is 0. The highest BCUT2D eigenvalue weighted by Gasteiger charge is 2.51. The summed E-state index contributed by atoms with van der Waals surface area (Å²) in [5.74, 6) is 0.533. The number of hydrogen-bond donors (Lipinski definition) is 0. The second-order valence-corrected chi connectivity index (χ2v) is 9.11. The number of nitriles is 1. The molecule has 2 heterocycles. The molecule has 186 valence electrons. The van der Waals surface area contributed by atoms with Gasteiger partial charge in [0.1, 0.15) is 5.75 Å². The Balaban J connectivity index is 1.50. The standard InChI is InChI=1S/C26H28F3N3O3/c1-2-34-18-25-10-11-31(21-9-8-19(13-30)23(12-21)26(27,28)29)14-20(25)15-32(17-25)24(33)16-35-22-6-4-3-5-7-22/h3-9,12,20H,2,10-11,14-18H2,1H3/t20-,25+/m1/s1. The van der Waals surface area contributed by atoms with E-state index in [4.69, 9.17) is 14.7 Å². The molecular weight excluding hydrogens is 459 g/mol. The predicted octanol–water partition coefficient (Wildman–Crippen LogP) is 4.35. The molecule has 35 heavy (non-hydrogen) atoms. The van der Waals surface area contributed by atoms with Gasteiger partial charge in [0.2, 0.25) is 0 Å². The number of rotatable bonds is 7. The molecule has 0 N–H and O–H groups in total. The molecule has 2 aromatic carbocycles. The van der Waals surface area contributed by atoms with Crippen LogP contribution in [0.1, 0.15) is 24.5 Å². The number of nitrogens with zero attached hydrogens (tertiary/aromatic N) is 3. The SMILES string of the molecule is CCOC[C@@]12CCN(c3ccc(C#N)c(C(F)(F)F)c3)C[C@@H]1CN(C(=O)COc1ccccc1)C2. The fraction of sp³-hybridized carbons (Fsp3) is 0.462. The van der Waals surface area contributed by atoms with Crippen LogP contribution < -0.4 is 9.64 Å². The van der Waals surface area contributed by atoms with Gasteiger partial charge in [-0.1, -0.05) is 18.2 Å². The number of anilines is 1. The van der Waals surface area contributed by atoms with E-state index in [1.54, 1.807) is 29.2 Å². The van der Waals surface area contributed by atoms with Crippen LogP contribution in [-0.4, -0.2) is 56.8 Å². The zero-order valence-electron chi connectivity index (χ0n) is 19.6. The number of fused-ring (bicyclic) bond motifs is 1. The van der Waals surface area contributed by atoms with Gasteiger partial charge in [0.05, 0.1) is 23.8 Å². The number of para-hydroxylation sites is 1. The van der Waals surface area contributed by atoms with E-state index < -0.39 is 11.7 Å². The fourth-order valence-electron chi connectivity index (χ4n) is 5.06. The lowest BCUT2D eigenvalue weighted by molar-refractivity contribution is -0.137. The summed E-state index contributed by atoms with van der Waals surface area (Å²) < 4.78 is 51.9. The third-order valence-corrected chi connectivity index (χ3v) is 6.98. The molecule has 9 heteroatoms. The van der Waals surface area contributed by atoms with Crippen molar-refractivity contribution in [1.82, 2.24) is 4.90 Å². The van der Waals surface area contributed by atoms with Gasteiger partial charge < -0.3 is 19.3 Å². The van der Waals surface area contributed by atoms with Crippen molar-refractivity contribution in [2.24, 2.45) is 11.3 Å². The van der Waals surface area contributed by atoms with Crippen LogP contribution >= 0.6 is 0 Å². The highest BCUT2D eigenvalue weighted by Crippen LogP contribution is 2.45. The molecule has 2 saturated heterocycles. The Morgan fingerprint density at radius 3 is 2.66 bits per heavy atom. The number of piperidine rings is 1. The van der Waals surface area contributed by atoms with Gasteiger partial charge in [-0.25, -0.2) is 0 Å². The average molecular weight is 488 g/mol. The Bertz CT molecular complexity index is 1090. The molecule has 2 atom stereocenters. The average Bonchev–Trinajstić information content (AvgIpc) is 3.25. The van der Waals surface area contributed by atoms with E-state index in [0.29, 0.717) is 57.3 Å². The summed E-state index contributed by atoms with van der Waals surface area (Å²) >= 11 is 0. The quantitative estimate of drug-likeness (QED) is 0.581. The molecule has 0 bridgehead atoms. The first kappa shape index (κ1) is 24.9. The van der Waals surface area contributed by atoms with E-state index in [1.165, 1.54) is 6.07 Å². The maximum absolute atomic E-state index is 13.5. The number of carbonyl (C=O) groups excluding carboxylic acids is 1. The van der Waals surface area contributed by atoms with Gasteiger partial charge >= 0.3 is 6.18 Å². The molecule has 4 rings (SSSR count). The smallest absolute Gasteiger partial charge is 0.417 e. The van der Waals surface area contributed by atoms with Crippen LogP contribution in [0.3, 0.4) is 0 Å². The molecule has 1 amide bonds. The number of hydrogen-bond acceptors (Lipinski definition) is 5. The number of ether oxygens (including phenoxy) is 2. The lowest BCUT2D eigenvalue weighted by atomic mass is 9.73. The zero-order chi connectivity index (χ0) is 25.1. The van der Waals surface area contributed by atoms with Crippen LogP contribution in [0.4, 0.5) is 18.9 Å². The second-order valence-electron chi connectivity index (χ2n) is 9.11. The van der Waals surface area contributed by atoms with Gasteiger partial charge in [-0.2, -0.15) is 18.4 Å². The zero-order valence-corrected chi connectivity index (χ0v) is 19.6. The molecular formula is C26H28F3N3O3. The van der Waals surface area contributed by atoms with Crippen LogP contribution in [0.25, 0.3) is 0 Å². The minimum atomic E-state index is -4.61. The molecule has 0 saturated carbocycles. The molecule has 0 spiro atoms. The van der Waals surface area contributed by atoms with Crippen molar-refractivity contribution in [2.75, 3.05) is 50.9 Å². The van der Waals surface area contributed by atoms with Crippen molar-refractivity contribution < 1.29 is 27.4 Å². The van der Waals surface area contributed by atoms with Crippen molar-refractivity contribution >= 4 is 11.6 Å². The number of halogens is 3. The van der Waals surface area contributed by atoms with Gasteiger partial charge in [0.15, 0.2) is 6.61 Å². The van der Waals surface area contributed by atoms with E-state index >= 15 is 0 Å². The van der Waals surface area contributed by atoms with E-state index in [2.05, 4.69) is 0 Å². The Morgan fingerprint density at radius 2 is 1.97 bits per heavy atom. The summed E-state index contributed by atoms with van der Waals surface area (Å²) in [6, 6.07) is 14.6. The van der Waals surface area contributed by atoms with Crippen LogP contribution in [0, 0.1) is 22.7 Å². The van der Waals surface area contributed by atoms with E-state index in [1.807, 2.05) is 30.0 Å². The van der Waals surface area contributed by atoms with Crippen molar-refractivity contribution in [1.29, 1.82) is 5.26 Å². The van der Waals surface area contributed by atoms with Crippen molar-refractivity contribution in [3.8, 4) is 11.8 Å². The summed E-state index contributed by atoms with van der Waals surface area (Å²) in [6.07, 6.45) is -3.92. The van der Waals surface area contributed by atoms with E-state index in [0.717, 1.165) is 6.07 Å². The van der Waals surface area contributed by atoms with Crippen LogP contribution in [0.15, 0.2) is 48.5 Å². The number of benzene rings is 2. The lowest BCUT2D eigenvalue weighted by Gasteiger charge is -2.44. The van der Waals surface area contributed by atoms with Gasteiger partial charge in [-0.3, -0.25) is 4.79 Å². The maximum atomic E-state index is 13.5. The first-order valence-electron chi connectivity index (χ1n) is 11.7. The molecule has 0 aromatic heterocycles. The van der Waals surface area contributed by atoms with Crippen LogP contribution in [-0.2, 0) is 15.7 Å². The summed E-state index contributed by atoms with van der Waals surface area (Å²) in [4.78, 5) is 16.7. The van der Waals surface area contributed by atoms with Gasteiger partial charge in [0, 0.05) is 49.8 Å². The van der Waals surface area contributed by atoms with Crippen LogP contribution in [0.5, 0.6) is 5.75 Å². The Hall–Kier alpha value is -3.25. The maximum Gasteiger partial charge on any atom is 0.417 e. The Morgan fingerprint density at radius 1 is 1.20 bits per heavy atom. The highest BCUT2D eigenvalue weighted by molar-refractivity contribution is 5.78. The first-order chi connectivity index (χ1) is 16.8. The number of amides is 1. The second kappa shape index (κ2) is 10.2. The number of likely N-dealkylation sites (tertiary alicyclic amines) is 1. The third-order valence-electron chi connectivity index (χ3n) is 6.98.